The molecule has 1 aromatic rings. The molecule has 0 saturated carbocycles. The SMILES string of the molecule is CC(C)CNC(=O)c1ccccc1OCCBr. The number of carbonyl (C=O) groups excluding carboxylic acids is 1. The topological polar surface area (TPSA) is 38.3 Å². The Hall–Kier alpha value is -1.03. The van der Waals surface area contributed by atoms with E-state index in [9.17, 15) is 4.79 Å². The second-order valence-electron chi connectivity index (χ2n) is 4.14. The lowest BCUT2D eigenvalue weighted by molar-refractivity contribution is 0.0945. The number of carbonyl (C=O) groups is 1. The van der Waals surface area contributed by atoms with Gasteiger partial charge >= 0.3 is 0 Å². The van der Waals surface area contributed by atoms with Crippen molar-refractivity contribution in [1.82, 2.24) is 5.32 Å². The molecule has 0 heterocycles. The first-order chi connectivity index (χ1) is 8.15. The summed E-state index contributed by atoms with van der Waals surface area (Å²) < 4.78 is 5.51. The highest BCUT2D eigenvalue weighted by Crippen LogP contribution is 2.17. The number of hydrogen-bond acceptors (Lipinski definition) is 2. The lowest BCUT2D eigenvalue weighted by Gasteiger charge is -2.11. The average molecular weight is 300 g/mol. The van der Waals surface area contributed by atoms with E-state index in [4.69, 9.17) is 4.74 Å². The Bertz CT molecular complexity index is 366. The van der Waals surface area contributed by atoms with Gasteiger partial charge in [-0.2, -0.15) is 0 Å². The molecule has 0 atom stereocenters. The van der Waals surface area contributed by atoms with Crippen LogP contribution < -0.4 is 10.1 Å². The van der Waals surface area contributed by atoms with Crippen LogP contribution in [0.3, 0.4) is 0 Å². The minimum absolute atomic E-state index is 0.0797. The minimum atomic E-state index is -0.0797. The van der Waals surface area contributed by atoms with Gasteiger partial charge in [-0.1, -0.05) is 41.9 Å². The number of benzene rings is 1. The normalized spacial score (nSPS) is 10.4. The maximum atomic E-state index is 11.9. The Morgan fingerprint density at radius 2 is 2.12 bits per heavy atom. The third-order valence-electron chi connectivity index (χ3n) is 2.14. The molecule has 0 radical (unpaired) electrons. The van der Waals surface area contributed by atoms with Gasteiger partial charge in [-0.15, -0.1) is 0 Å². The van der Waals surface area contributed by atoms with Crippen LogP contribution in [0, 0.1) is 5.92 Å². The van der Waals surface area contributed by atoms with Crippen LogP contribution >= 0.6 is 15.9 Å². The largest absolute Gasteiger partial charge is 0.492 e. The second kappa shape index (κ2) is 7.33. The molecule has 0 aliphatic carbocycles. The van der Waals surface area contributed by atoms with E-state index in [-0.39, 0.29) is 5.91 Å². The summed E-state index contributed by atoms with van der Waals surface area (Å²) in [4.78, 5) is 11.9. The summed E-state index contributed by atoms with van der Waals surface area (Å²) in [6.45, 7) is 5.35. The summed E-state index contributed by atoms with van der Waals surface area (Å²) in [5, 5.41) is 3.63. The van der Waals surface area contributed by atoms with Gasteiger partial charge in [0.25, 0.3) is 5.91 Å². The molecule has 94 valence electrons. The van der Waals surface area contributed by atoms with Gasteiger partial charge in [-0.05, 0) is 18.1 Å². The molecule has 1 N–H and O–H groups in total. The molecule has 0 spiro atoms. The zero-order chi connectivity index (χ0) is 12.7. The van der Waals surface area contributed by atoms with Crippen LogP contribution in [0.25, 0.3) is 0 Å². The van der Waals surface area contributed by atoms with Gasteiger partial charge < -0.3 is 10.1 Å². The Morgan fingerprint density at radius 1 is 1.41 bits per heavy atom. The van der Waals surface area contributed by atoms with Crippen LogP contribution in [-0.4, -0.2) is 24.4 Å². The molecular formula is C13H18BrNO2. The number of hydrogen-bond donors (Lipinski definition) is 1. The van der Waals surface area contributed by atoms with Gasteiger partial charge in [-0.25, -0.2) is 0 Å². The highest BCUT2D eigenvalue weighted by atomic mass is 79.9. The smallest absolute Gasteiger partial charge is 0.255 e. The summed E-state index contributed by atoms with van der Waals surface area (Å²) in [6.07, 6.45) is 0. The first-order valence-corrected chi connectivity index (χ1v) is 6.83. The van der Waals surface area contributed by atoms with E-state index in [1.807, 2.05) is 18.2 Å². The Kier molecular flexibility index (Phi) is 6.05. The van der Waals surface area contributed by atoms with E-state index < -0.39 is 0 Å². The first kappa shape index (κ1) is 14.0. The first-order valence-electron chi connectivity index (χ1n) is 5.71. The van der Waals surface area contributed by atoms with Gasteiger partial charge in [0, 0.05) is 11.9 Å². The van der Waals surface area contributed by atoms with Crippen molar-refractivity contribution in [2.45, 2.75) is 13.8 Å². The van der Waals surface area contributed by atoms with Crippen LogP contribution in [-0.2, 0) is 0 Å². The van der Waals surface area contributed by atoms with Gasteiger partial charge in [0.1, 0.15) is 5.75 Å². The van der Waals surface area contributed by atoms with Crippen molar-refractivity contribution in [2.24, 2.45) is 5.92 Å². The van der Waals surface area contributed by atoms with Crippen LogP contribution in [0.1, 0.15) is 24.2 Å². The van der Waals surface area contributed by atoms with Gasteiger partial charge in [0.05, 0.1) is 12.2 Å². The minimum Gasteiger partial charge on any atom is -0.492 e. The van der Waals surface area contributed by atoms with E-state index in [1.165, 1.54) is 0 Å². The molecule has 0 aliphatic rings. The maximum absolute atomic E-state index is 11.9. The molecule has 0 fully saturated rings. The lowest BCUT2D eigenvalue weighted by atomic mass is 10.1. The molecule has 0 unspecified atom stereocenters. The Balaban J connectivity index is 2.70. The molecule has 0 bridgehead atoms. The predicted octanol–water partition coefficient (Wildman–Crippen LogP) is 2.85. The molecule has 1 amide bonds. The molecule has 0 aromatic heterocycles. The molecule has 0 saturated heterocycles. The van der Waals surface area contributed by atoms with Gasteiger partial charge in [0.2, 0.25) is 0 Å². The summed E-state index contributed by atoms with van der Waals surface area (Å²) in [5.41, 5.74) is 0.592. The van der Waals surface area contributed by atoms with Crippen molar-refractivity contribution in [1.29, 1.82) is 0 Å². The molecular weight excluding hydrogens is 282 g/mol. The van der Waals surface area contributed by atoms with E-state index in [0.717, 1.165) is 5.33 Å². The summed E-state index contributed by atoms with van der Waals surface area (Å²) in [6, 6.07) is 7.29. The average Bonchev–Trinajstić information content (AvgIpc) is 2.33. The Morgan fingerprint density at radius 3 is 2.76 bits per heavy atom. The number of amides is 1. The highest BCUT2D eigenvalue weighted by molar-refractivity contribution is 9.09. The van der Waals surface area contributed by atoms with Gasteiger partial charge in [-0.3, -0.25) is 4.79 Å². The van der Waals surface area contributed by atoms with Crippen LogP contribution in [0.4, 0.5) is 0 Å². The molecule has 4 heteroatoms. The van der Waals surface area contributed by atoms with Crippen molar-refractivity contribution in [2.75, 3.05) is 18.5 Å². The molecule has 1 aromatic carbocycles. The van der Waals surface area contributed by atoms with Crippen LogP contribution in [0.15, 0.2) is 24.3 Å². The summed E-state index contributed by atoms with van der Waals surface area (Å²) in [5.74, 6) is 0.992. The number of rotatable bonds is 6. The Labute approximate surface area is 111 Å². The van der Waals surface area contributed by atoms with Crippen molar-refractivity contribution < 1.29 is 9.53 Å². The molecule has 17 heavy (non-hydrogen) atoms. The lowest BCUT2D eigenvalue weighted by Crippen LogP contribution is -2.27. The zero-order valence-electron chi connectivity index (χ0n) is 10.2. The number of nitrogens with one attached hydrogen (secondary N) is 1. The fraction of sp³-hybridized carbons (Fsp3) is 0.462. The van der Waals surface area contributed by atoms with Crippen molar-refractivity contribution in [3.8, 4) is 5.75 Å². The van der Waals surface area contributed by atoms with E-state index in [2.05, 4.69) is 35.1 Å². The summed E-state index contributed by atoms with van der Waals surface area (Å²) in [7, 11) is 0. The fourth-order valence-corrected chi connectivity index (χ4v) is 1.48. The number of halogens is 1. The van der Waals surface area contributed by atoms with Gasteiger partial charge in [0.15, 0.2) is 0 Å². The quantitative estimate of drug-likeness (QED) is 0.820. The molecule has 0 aliphatic heterocycles. The molecule has 1 rings (SSSR count). The number of ether oxygens (including phenoxy) is 1. The van der Waals surface area contributed by atoms with E-state index in [0.29, 0.717) is 30.4 Å². The maximum Gasteiger partial charge on any atom is 0.255 e. The van der Waals surface area contributed by atoms with E-state index in [1.54, 1.807) is 6.07 Å². The third kappa shape index (κ3) is 4.77. The monoisotopic (exact) mass is 299 g/mol. The molecule has 3 nitrogen and oxygen atoms in total. The zero-order valence-corrected chi connectivity index (χ0v) is 11.8. The standard InChI is InChI=1S/C13H18BrNO2/c1-10(2)9-15-13(16)11-5-3-4-6-12(11)17-8-7-14/h3-6,10H,7-9H2,1-2H3,(H,15,16). The second-order valence-corrected chi connectivity index (χ2v) is 4.93. The third-order valence-corrected chi connectivity index (χ3v) is 2.46. The van der Waals surface area contributed by atoms with E-state index >= 15 is 0 Å². The number of para-hydroxylation sites is 1. The van der Waals surface area contributed by atoms with Crippen LogP contribution in [0.2, 0.25) is 0 Å². The highest BCUT2D eigenvalue weighted by Gasteiger charge is 2.11. The predicted molar refractivity (Wildman–Crippen MR) is 72.9 cm³/mol. The van der Waals surface area contributed by atoms with Crippen molar-refractivity contribution in [3.05, 3.63) is 29.8 Å². The van der Waals surface area contributed by atoms with Crippen LogP contribution in [0.5, 0.6) is 5.75 Å². The van der Waals surface area contributed by atoms with Crippen molar-refractivity contribution in [3.63, 3.8) is 0 Å². The summed E-state index contributed by atoms with van der Waals surface area (Å²) >= 11 is 3.29. The van der Waals surface area contributed by atoms with Crippen molar-refractivity contribution >= 4 is 21.8 Å². The fourth-order valence-electron chi connectivity index (χ4n) is 1.32. The number of alkyl halides is 1.